The van der Waals surface area contributed by atoms with E-state index in [0.29, 0.717) is 5.41 Å². The molecule has 22 heavy (non-hydrogen) atoms. The van der Waals surface area contributed by atoms with E-state index in [1.807, 2.05) is 0 Å². The average molecular weight is 303 g/mol. The summed E-state index contributed by atoms with van der Waals surface area (Å²) in [7, 11) is 0. The molecule has 7 unspecified atom stereocenters. The van der Waals surface area contributed by atoms with Crippen molar-refractivity contribution in [1.82, 2.24) is 0 Å². The smallest absolute Gasteiger partial charge is 0.0264 e. The first-order chi connectivity index (χ1) is 10.5. The van der Waals surface area contributed by atoms with Crippen molar-refractivity contribution >= 4 is 0 Å². The minimum Gasteiger partial charge on any atom is -0.0651 e. The molecule has 0 amide bonds. The zero-order valence-electron chi connectivity index (χ0n) is 15.5. The molecular weight excluding hydrogens is 264 g/mol. The lowest BCUT2D eigenvalue weighted by Crippen LogP contribution is -2.50. The van der Waals surface area contributed by atoms with Gasteiger partial charge in [-0.15, -0.1) is 0 Å². The van der Waals surface area contributed by atoms with E-state index in [1.165, 1.54) is 12.8 Å². The molecule has 8 atom stereocenters. The minimum atomic E-state index is 0.693. The first-order valence-electron chi connectivity index (χ1n) is 10.5. The van der Waals surface area contributed by atoms with Crippen LogP contribution in [0.2, 0.25) is 0 Å². The van der Waals surface area contributed by atoms with Crippen LogP contribution in [0.1, 0.15) is 91.9 Å². The number of hydrogen-bond acceptors (Lipinski definition) is 0. The Bertz CT molecular complexity index is 426. The highest BCUT2D eigenvalue weighted by molar-refractivity contribution is 5.09. The van der Waals surface area contributed by atoms with Gasteiger partial charge in [-0.2, -0.15) is 0 Å². The SMILES string of the molecule is CCC(C)C1CCC2C3CCC4CCCC4(C)C3CC[C@@]12C. The molecular formula is C22H38. The number of rotatable bonds is 2. The van der Waals surface area contributed by atoms with Crippen LogP contribution >= 0.6 is 0 Å². The first kappa shape index (κ1) is 15.5. The van der Waals surface area contributed by atoms with Gasteiger partial charge in [0.25, 0.3) is 0 Å². The summed E-state index contributed by atoms with van der Waals surface area (Å²) >= 11 is 0. The zero-order chi connectivity index (χ0) is 15.5. The predicted molar refractivity (Wildman–Crippen MR) is 94.7 cm³/mol. The molecule has 0 nitrogen and oxygen atoms in total. The van der Waals surface area contributed by atoms with Gasteiger partial charge in [0, 0.05) is 0 Å². The van der Waals surface area contributed by atoms with Crippen LogP contribution in [0.25, 0.3) is 0 Å². The Morgan fingerprint density at radius 2 is 1.64 bits per heavy atom. The lowest BCUT2D eigenvalue weighted by Gasteiger charge is -2.58. The fourth-order valence-electron chi connectivity index (χ4n) is 8.39. The summed E-state index contributed by atoms with van der Waals surface area (Å²) in [6.45, 7) is 10.4. The van der Waals surface area contributed by atoms with Crippen molar-refractivity contribution in [1.29, 1.82) is 0 Å². The molecule has 4 aliphatic carbocycles. The fraction of sp³-hybridized carbons (Fsp3) is 1.00. The molecule has 0 N–H and O–H groups in total. The Morgan fingerprint density at radius 3 is 2.41 bits per heavy atom. The van der Waals surface area contributed by atoms with Crippen molar-refractivity contribution in [2.45, 2.75) is 91.9 Å². The Morgan fingerprint density at radius 1 is 0.864 bits per heavy atom. The van der Waals surface area contributed by atoms with Crippen LogP contribution in [0.5, 0.6) is 0 Å². The van der Waals surface area contributed by atoms with Gasteiger partial charge in [-0.1, -0.05) is 40.5 Å². The predicted octanol–water partition coefficient (Wildman–Crippen LogP) is 6.69. The van der Waals surface area contributed by atoms with E-state index in [2.05, 4.69) is 27.7 Å². The maximum Gasteiger partial charge on any atom is -0.0264 e. The summed E-state index contributed by atoms with van der Waals surface area (Å²) in [6.07, 6.45) is 15.4. The van der Waals surface area contributed by atoms with Gasteiger partial charge in [0.15, 0.2) is 0 Å². The van der Waals surface area contributed by atoms with Crippen molar-refractivity contribution in [2.75, 3.05) is 0 Å². The standard InChI is InChI=1S/C22H38/c1-5-15(2)18-10-11-19-17-9-8-16-7-6-13-21(16,3)20(17)12-14-22(18,19)4/h15-20H,5-14H2,1-4H3/t15?,16?,17?,18?,19?,20?,21?,22-/m0/s1. The van der Waals surface area contributed by atoms with E-state index in [-0.39, 0.29) is 0 Å². The van der Waals surface area contributed by atoms with Gasteiger partial charge in [-0.3, -0.25) is 0 Å². The van der Waals surface area contributed by atoms with Gasteiger partial charge in [0.1, 0.15) is 0 Å². The molecule has 126 valence electrons. The second-order valence-electron chi connectivity index (χ2n) is 10.2. The van der Waals surface area contributed by atoms with E-state index >= 15 is 0 Å². The van der Waals surface area contributed by atoms with Crippen LogP contribution in [0, 0.1) is 46.3 Å². The molecule has 0 heteroatoms. The van der Waals surface area contributed by atoms with Crippen molar-refractivity contribution in [3.05, 3.63) is 0 Å². The lowest BCUT2D eigenvalue weighted by molar-refractivity contribution is -0.0899. The van der Waals surface area contributed by atoms with Crippen molar-refractivity contribution in [3.8, 4) is 0 Å². The summed E-state index contributed by atoms with van der Waals surface area (Å²) in [5, 5.41) is 0. The highest BCUT2D eigenvalue weighted by Crippen LogP contribution is 2.68. The summed E-state index contributed by atoms with van der Waals surface area (Å²) in [5.41, 5.74) is 1.43. The molecule has 4 rings (SSSR count). The maximum absolute atomic E-state index is 2.71. The van der Waals surface area contributed by atoms with E-state index < -0.39 is 0 Å². The summed E-state index contributed by atoms with van der Waals surface area (Å²) in [5.74, 6) is 6.31. The Balaban J connectivity index is 1.61. The van der Waals surface area contributed by atoms with Crippen LogP contribution in [0.15, 0.2) is 0 Å². The van der Waals surface area contributed by atoms with E-state index in [4.69, 9.17) is 0 Å². The van der Waals surface area contributed by atoms with Crippen LogP contribution < -0.4 is 0 Å². The van der Waals surface area contributed by atoms with Crippen molar-refractivity contribution in [2.24, 2.45) is 46.3 Å². The van der Waals surface area contributed by atoms with Crippen LogP contribution in [0.3, 0.4) is 0 Å². The molecule has 0 saturated heterocycles. The maximum atomic E-state index is 2.71. The summed E-state index contributed by atoms with van der Waals surface area (Å²) < 4.78 is 0. The molecule has 0 radical (unpaired) electrons. The fourth-order valence-corrected chi connectivity index (χ4v) is 8.39. The third-order valence-electron chi connectivity index (χ3n) is 9.74. The van der Waals surface area contributed by atoms with Gasteiger partial charge in [-0.05, 0) is 97.7 Å². The van der Waals surface area contributed by atoms with Gasteiger partial charge >= 0.3 is 0 Å². The van der Waals surface area contributed by atoms with Crippen LogP contribution in [0.4, 0.5) is 0 Å². The second kappa shape index (κ2) is 5.25. The summed E-state index contributed by atoms with van der Waals surface area (Å²) in [6, 6.07) is 0. The molecule has 0 heterocycles. The first-order valence-corrected chi connectivity index (χ1v) is 10.5. The Kier molecular flexibility index (Phi) is 3.70. The van der Waals surface area contributed by atoms with Gasteiger partial charge in [0.2, 0.25) is 0 Å². The number of hydrogen-bond donors (Lipinski definition) is 0. The van der Waals surface area contributed by atoms with Gasteiger partial charge in [0.05, 0.1) is 0 Å². The molecule has 4 saturated carbocycles. The third kappa shape index (κ3) is 1.94. The Hall–Kier alpha value is 0. The highest BCUT2D eigenvalue weighted by Gasteiger charge is 2.60. The third-order valence-corrected chi connectivity index (χ3v) is 9.74. The van der Waals surface area contributed by atoms with Gasteiger partial charge in [-0.25, -0.2) is 0 Å². The second-order valence-corrected chi connectivity index (χ2v) is 10.2. The highest BCUT2D eigenvalue weighted by atomic mass is 14.6. The summed E-state index contributed by atoms with van der Waals surface area (Å²) in [4.78, 5) is 0. The van der Waals surface area contributed by atoms with Crippen molar-refractivity contribution < 1.29 is 0 Å². The quantitative estimate of drug-likeness (QED) is 0.533. The lowest BCUT2D eigenvalue weighted by atomic mass is 9.47. The number of fused-ring (bicyclic) bond motifs is 5. The van der Waals surface area contributed by atoms with E-state index in [0.717, 1.165) is 40.9 Å². The minimum absolute atomic E-state index is 0.693. The Labute approximate surface area is 138 Å². The van der Waals surface area contributed by atoms with Gasteiger partial charge < -0.3 is 0 Å². The molecule has 4 aliphatic rings. The molecule has 0 aromatic rings. The van der Waals surface area contributed by atoms with Crippen LogP contribution in [-0.2, 0) is 0 Å². The molecule has 0 bridgehead atoms. The zero-order valence-corrected chi connectivity index (χ0v) is 15.5. The van der Waals surface area contributed by atoms with E-state index in [9.17, 15) is 0 Å². The topological polar surface area (TPSA) is 0 Å². The average Bonchev–Trinajstić information content (AvgIpc) is 3.05. The molecule has 0 aromatic carbocycles. The largest absolute Gasteiger partial charge is 0.0651 e. The monoisotopic (exact) mass is 302 g/mol. The molecule has 4 fully saturated rings. The van der Waals surface area contributed by atoms with E-state index in [1.54, 1.807) is 51.4 Å². The van der Waals surface area contributed by atoms with Crippen molar-refractivity contribution in [3.63, 3.8) is 0 Å². The van der Waals surface area contributed by atoms with Crippen LogP contribution in [-0.4, -0.2) is 0 Å². The normalized spacial score (nSPS) is 55.4. The molecule has 0 aromatic heterocycles. The molecule has 0 aliphatic heterocycles. The molecule has 0 spiro atoms.